The quantitative estimate of drug-likeness (QED) is 0.288. The van der Waals surface area contributed by atoms with Gasteiger partial charge in [0, 0.05) is 23.7 Å². The maximum Gasteiger partial charge on any atom is 0.162 e. The van der Waals surface area contributed by atoms with Crippen LogP contribution in [0.25, 0.3) is 22.3 Å². The molecule has 2 aromatic carbocycles. The maximum atomic E-state index is 6.47. The molecule has 180 valence electrons. The lowest BCUT2D eigenvalue weighted by molar-refractivity contribution is 0.301. The second kappa shape index (κ2) is 10.5. The number of hydrogen-bond donors (Lipinski definition) is 2. The molecule has 3 aromatic heterocycles. The maximum absolute atomic E-state index is 6.47. The van der Waals surface area contributed by atoms with Gasteiger partial charge in [0.1, 0.15) is 29.7 Å². The topological polar surface area (TPSA) is 108 Å². The number of pyridine rings is 2. The summed E-state index contributed by atoms with van der Waals surface area (Å²) in [6.07, 6.45) is 3.40. The fourth-order valence-corrected chi connectivity index (χ4v) is 3.84. The molecule has 0 atom stereocenters. The Morgan fingerprint density at radius 1 is 0.972 bits per heavy atom. The fourth-order valence-electron chi connectivity index (χ4n) is 3.61. The van der Waals surface area contributed by atoms with E-state index >= 15 is 0 Å². The average molecular weight is 499 g/mol. The van der Waals surface area contributed by atoms with Crippen LogP contribution in [0.15, 0.2) is 79.1 Å². The van der Waals surface area contributed by atoms with Crippen LogP contribution < -0.4 is 20.5 Å². The first kappa shape index (κ1) is 23.3. The molecule has 36 heavy (non-hydrogen) atoms. The van der Waals surface area contributed by atoms with E-state index in [2.05, 4.69) is 25.3 Å². The number of halogens is 1. The van der Waals surface area contributed by atoms with Crippen molar-refractivity contribution in [2.45, 2.75) is 13.2 Å². The predicted molar refractivity (Wildman–Crippen MR) is 141 cm³/mol. The molecule has 0 aliphatic rings. The van der Waals surface area contributed by atoms with Gasteiger partial charge in [-0.25, -0.2) is 15.0 Å². The van der Waals surface area contributed by atoms with Crippen molar-refractivity contribution in [2.24, 2.45) is 0 Å². The smallest absolute Gasteiger partial charge is 0.162 e. The van der Waals surface area contributed by atoms with Crippen LogP contribution in [0.4, 0.5) is 11.6 Å². The number of benzene rings is 2. The molecule has 5 aromatic rings. The van der Waals surface area contributed by atoms with E-state index in [-0.39, 0.29) is 0 Å². The minimum absolute atomic E-state index is 0.319. The number of ether oxygens (including phenoxy) is 2. The average Bonchev–Trinajstić information content (AvgIpc) is 2.92. The van der Waals surface area contributed by atoms with Gasteiger partial charge in [0.15, 0.2) is 5.82 Å². The van der Waals surface area contributed by atoms with E-state index in [1.807, 2.05) is 54.6 Å². The number of nitrogens with two attached hydrogens (primary N) is 1. The summed E-state index contributed by atoms with van der Waals surface area (Å²) in [5.74, 6) is 2.86. The molecule has 0 aliphatic heterocycles. The van der Waals surface area contributed by atoms with Crippen LogP contribution in [0.3, 0.4) is 0 Å². The van der Waals surface area contributed by atoms with Gasteiger partial charge >= 0.3 is 0 Å². The summed E-state index contributed by atoms with van der Waals surface area (Å²) in [5, 5.41) is 4.46. The number of hydrogen-bond acceptors (Lipinski definition) is 8. The Morgan fingerprint density at radius 2 is 1.83 bits per heavy atom. The molecule has 0 unspecified atom stereocenters. The number of nitrogens with zero attached hydrogens (tertiary/aromatic N) is 4. The van der Waals surface area contributed by atoms with Crippen LogP contribution in [0.5, 0.6) is 11.5 Å². The van der Waals surface area contributed by atoms with Crippen molar-refractivity contribution < 1.29 is 9.47 Å². The van der Waals surface area contributed by atoms with Crippen LogP contribution in [0.2, 0.25) is 5.02 Å². The zero-order chi connectivity index (χ0) is 24.9. The second-order valence-corrected chi connectivity index (χ2v) is 8.38. The number of nitrogens with one attached hydrogen (secondary N) is 1. The highest BCUT2D eigenvalue weighted by Gasteiger charge is 2.12. The first-order chi connectivity index (χ1) is 17.6. The van der Waals surface area contributed by atoms with Gasteiger partial charge in [0.05, 0.1) is 29.5 Å². The molecule has 9 heteroatoms. The van der Waals surface area contributed by atoms with Crippen LogP contribution in [-0.2, 0) is 13.2 Å². The Labute approximate surface area is 213 Å². The molecule has 5 rings (SSSR count). The van der Waals surface area contributed by atoms with Gasteiger partial charge in [-0.05, 0) is 54.1 Å². The molecule has 3 heterocycles. The number of methoxy groups -OCH3 is 1. The molecule has 0 spiro atoms. The Kier molecular flexibility index (Phi) is 6.77. The monoisotopic (exact) mass is 498 g/mol. The largest absolute Gasteiger partial charge is 0.497 e. The third-order valence-corrected chi connectivity index (χ3v) is 5.83. The molecule has 0 radical (unpaired) electrons. The van der Waals surface area contributed by atoms with Gasteiger partial charge in [-0.1, -0.05) is 29.8 Å². The van der Waals surface area contributed by atoms with Crippen LogP contribution in [-0.4, -0.2) is 27.0 Å². The molecule has 3 N–H and O–H groups in total. The minimum Gasteiger partial charge on any atom is -0.497 e. The van der Waals surface area contributed by atoms with Crippen molar-refractivity contribution >= 4 is 34.1 Å². The van der Waals surface area contributed by atoms with E-state index < -0.39 is 0 Å². The standard InChI is InChI=1S/C27H23ClN6O2/c1-35-20-8-5-17(6-9-20)14-31-25-13-21-23(15-32-25)33-27(34-26(21)29)18-7-10-24(22(28)12-18)36-16-19-4-2-3-11-30-19/h2-13,15H,14,16H2,1H3,(H,31,32)(H2,29,33,34). The predicted octanol–water partition coefficient (Wildman–Crippen LogP) is 5.52. The Balaban J connectivity index is 1.32. The molecule has 0 saturated carbocycles. The van der Waals surface area contributed by atoms with Crippen molar-refractivity contribution in [1.29, 1.82) is 0 Å². The van der Waals surface area contributed by atoms with Gasteiger partial charge in [-0.15, -0.1) is 0 Å². The summed E-state index contributed by atoms with van der Waals surface area (Å²) in [4.78, 5) is 17.9. The number of rotatable bonds is 8. The Hall–Kier alpha value is -4.43. The lowest BCUT2D eigenvalue weighted by Crippen LogP contribution is -2.03. The number of nitrogen functional groups attached to an aromatic ring is 1. The molecule has 8 nitrogen and oxygen atoms in total. The van der Waals surface area contributed by atoms with E-state index in [9.17, 15) is 0 Å². The summed E-state index contributed by atoms with van der Waals surface area (Å²) < 4.78 is 11.0. The molecule has 0 amide bonds. The first-order valence-corrected chi connectivity index (χ1v) is 11.6. The number of anilines is 2. The molecule has 0 bridgehead atoms. The lowest BCUT2D eigenvalue weighted by Gasteiger charge is -2.11. The highest BCUT2D eigenvalue weighted by molar-refractivity contribution is 6.32. The van der Waals surface area contributed by atoms with Crippen LogP contribution in [0, 0.1) is 0 Å². The number of fused-ring (bicyclic) bond motifs is 1. The summed E-state index contributed by atoms with van der Waals surface area (Å²) in [6, 6.07) is 20.7. The summed E-state index contributed by atoms with van der Waals surface area (Å²) in [5.41, 5.74) is 9.57. The van der Waals surface area contributed by atoms with Gasteiger partial charge in [0.2, 0.25) is 0 Å². The van der Waals surface area contributed by atoms with Gasteiger partial charge in [-0.2, -0.15) is 0 Å². The molecule has 0 aliphatic carbocycles. The molecule has 0 fully saturated rings. The SMILES string of the molecule is COc1ccc(CNc2cc3c(N)nc(-c4ccc(OCc5ccccn5)c(Cl)c4)nc3cn2)cc1. The normalized spacial score (nSPS) is 10.8. The van der Waals surface area contributed by atoms with Crippen molar-refractivity contribution in [3.05, 3.63) is 95.4 Å². The highest BCUT2D eigenvalue weighted by Crippen LogP contribution is 2.31. The Morgan fingerprint density at radius 3 is 2.58 bits per heavy atom. The summed E-state index contributed by atoms with van der Waals surface area (Å²) in [7, 11) is 1.65. The van der Waals surface area contributed by atoms with Gasteiger partial charge in [-0.3, -0.25) is 4.98 Å². The molecular weight excluding hydrogens is 476 g/mol. The van der Waals surface area contributed by atoms with E-state index in [1.165, 1.54) is 0 Å². The van der Waals surface area contributed by atoms with Gasteiger partial charge in [0.25, 0.3) is 0 Å². The lowest BCUT2D eigenvalue weighted by atomic mass is 10.2. The number of aromatic nitrogens is 4. The second-order valence-electron chi connectivity index (χ2n) is 7.98. The van der Waals surface area contributed by atoms with Crippen molar-refractivity contribution in [1.82, 2.24) is 19.9 Å². The highest BCUT2D eigenvalue weighted by atomic mass is 35.5. The zero-order valence-corrected chi connectivity index (χ0v) is 20.2. The van der Waals surface area contributed by atoms with Crippen LogP contribution in [0.1, 0.15) is 11.3 Å². The third-order valence-electron chi connectivity index (χ3n) is 5.54. The third kappa shape index (κ3) is 5.29. The van der Waals surface area contributed by atoms with E-state index in [0.29, 0.717) is 52.3 Å². The van der Waals surface area contributed by atoms with Crippen molar-refractivity contribution in [3.8, 4) is 22.9 Å². The van der Waals surface area contributed by atoms with E-state index in [0.717, 1.165) is 22.6 Å². The van der Waals surface area contributed by atoms with E-state index in [1.54, 1.807) is 31.6 Å². The minimum atomic E-state index is 0.319. The van der Waals surface area contributed by atoms with Crippen molar-refractivity contribution in [2.75, 3.05) is 18.2 Å². The first-order valence-electron chi connectivity index (χ1n) is 11.2. The Bertz CT molecular complexity index is 1500. The molecular formula is C27H23ClN6O2. The molecule has 0 saturated heterocycles. The summed E-state index contributed by atoms with van der Waals surface area (Å²) >= 11 is 6.47. The zero-order valence-electron chi connectivity index (χ0n) is 19.5. The summed E-state index contributed by atoms with van der Waals surface area (Å²) in [6.45, 7) is 0.925. The van der Waals surface area contributed by atoms with Gasteiger partial charge < -0.3 is 20.5 Å². The van der Waals surface area contributed by atoms with Crippen molar-refractivity contribution in [3.63, 3.8) is 0 Å². The van der Waals surface area contributed by atoms with E-state index in [4.69, 9.17) is 26.8 Å². The fraction of sp³-hybridized carbons (Fsp3) is 0.111. The van der Waals surface area contributed by atoms with Crippen LogP contribution >= 0.6 is 11.6 Å².